The molecule has 1 nitrogen and oxygen atoms in total. The third-order valence-corrected chi connectivity index (χ3v) is 2.94. The van der Waals surface area contributed by atoms with E-state index in [4.69, 9.17) is 4.74 Å². The number of hydrogen-bond donors (Lipinski definition) is 0. The van der Waals surface area contributed by atoms with Crippen LogP contribution in [0.1, 0.15) is 34.1 Å². The zero-order valence-electron chi connectivity index (χ0n) is 7.27. The zero-order chi connectivity index (χ0) is 7.57. The van der Waals surface area contributed by atoms with E-state index in [1.807, 2.05) is 0 Å². The molecule has 2 unspecified atom stereocenters. The fourth-order valence-corrected chi connectivity index (χ4v) is 2.68. The second-order valence-electron chi connectivity index (χ2n) is 5.13. The molecule has 2 atom stereocenters. The molecule has 0 aromatic rings. The molecule has 10 heavy (non-hydrogen) atoms. The molecule has 0 N–H and O–H groups in total. The lowest BCUT2D eigenvalue weighted by Gasteiger charge is -2.25. The molecule has 1 aliphatic heterocycles. The van der Waals surface area contributed by atoms with Crippen molar-refractivity contribution in [3.05, 3.63) is 0 Å². The van der Waals surface area contributed by atoms with E-state index in [1.54, 1.807) is 0 Å². The molecule has 58 valence electrons. The van der Waals surface area contributed by atoms with Gasteiger partial charge in [-0.1, -0.05) is 27.7 Å². The average Bonchev–Trinajstić information content (AvgIpc) is 2.29. The summed E-state index contributed by atoms with van der Waals surface area (Å²) in [5, 5.41) is 0. The quantitative estimate of drug-likeness (QED) is 0.470. The predicted molar refractivity (Wildman–Crippen MR) is 40.8 cm³/mol. The van der Waals surface area contributed by atoms with Crippen LogP contribution in [0.4, 0.5) is 0 Å². The van der Waals surface area contributed by atoms with Gasteiger partial charge >= 0.3 is 0 Å². The minimum absolute atomic E-state index is 0.439. The minimum atomic E-state index is 0.439. The van der Waals surface area contributed by atoms with Crippen molar-refractivity contribution in [2.24, 2.45) is 10.8 Å². The van der Waals surface area contributed by atoms with Gasteiger partial charge in [-0.05, 0) is 17.3 Å². The molecule has 1 aliphatic carbocycles. The molecule has 1 heteroatoms. The highest BCUT2D eigenvalue weighted by Crippen LogP contribution is 2.60. The van der Waals surface area contributed by atoms with Crippen LogP contribution in [0.25, 0.3) is 0 Å². The molecule has 1 saturated heterocycles. The van der Waals surface area contributed by atoms with E-state index in [9.17, 15) is 0 Å². The molecular formula is C9H16O. The summed E-state index contributed by atoms with van der Waals surface area (Å²) in [7, 11) is 0. The second kappa shape index (κ2) is 1.42. The highest BCUT2D eigenvalue weighted by atomic mass is 16.6. The van der Waals surface area contributed by atoms with Gasteiger partial charge in [-0.2, -0.15) is 0 Å². The van der Waals surface area contributed by atoms with Gasteiger partial charge in [-0.3, -0.25) is 0 Å². The summed E-state index contributed by atoms with van der Waals surface area (Å²) in [5.41, 5.74) is 0.877. The van der Waals surface area contributed by atoms with E-state index < -0.39 is 0 Å². The SMILES string of the molecule is CC1(C)CC(C)(C)C2OC21. The summed E-state index contributed by atoms with van der Waals surface area (Å²) in [6.45, 7) is 9.25. The van der Waals surface area contributed by atoms with Crippen molar-refractivity contribution >= 4 is 0 Å². The van der Waals surface area contributed by atoms with Crippen LogP contribution in [-0.4, -0.2) is 12.2 Å². The number of ether oxygens (including phenoxy) is 1. The zero-order valence-corrected chi connectivity index (χ0v) is 7.27. The first-order valence-electron chi connectivity index (χ1n) is 4.09. The van der Waals surface area contributed by atoms with E-state index >= 15 is 0 Å². The Morgan fingerprint density at radius 2 is 1.40 bits per heavy atom. The van der Waals surface area contributed by atoms with Crippen molar-refractivity contribution in [1.82, 2.24) is 0 Å². The molecule has 0 radical (unpaired) electrons. The van der Waals surface area contributed by atoms with Gasteiger partial charge in [0.1, 0.15) is 0 Å². The van der Waals surface area contributed by atoms with E-state index in [0.717, 1.165) is 0 Å². The van der Waals surface area contributed by atoms with Crippen molar-refractivity contribution in [3.63, 3.8) is 0 Å². The van der Waals surface area contributed by atoms with Crippen molar-refractivity contribution < 1.29 is 4.74 Å². The maximum absolute atomic E-state index is 5.58. The second-order valence-corrected chi connectivity index (χ2v) is 5.13. The van der Waals surface area contributed by atoms with Crippen LogP contribution < -0.4 is 0 Å². The lowest BCUT2D eigenvalue weighted by Crippen LogP contribution is -2.19. The minimum Gasteiger partial charge on any atom is -0.368 e. The Balaban J connectivity index is 2.24. The smallest absolute Gasteiger partial charge is 0.0898 e. The molecule has 0 aromatic carbocycles. The molecule has 1 saturated carbocycles. The molecule has 2 aliphatic rings. The van der Waals surface area contributed by atoms with Crippen LogP contribution in [0.2, 0.25) is 0 Å². The highest BCUT2D eigenvalue weighted by molar-refractivity contribution is 5.11. The molecular weight excluding hydrogens is 124 g/mol. The number of hydrogen-bond acceptors (Lipinski definition) is 1. The lowest BCUT2D eigenvalue weighted by atomic mass is 9.83. The molecule has 0 bridgehead atoms. The van der Waals surface area contributed by atoms with Crippen molar-refractivity contribution in [2.45, 2.75) is 46.3 Å². The fourth-order valence-electron chi connectivity index (χ4n) is 2.68. The van der Waals surface area contributed by atoms with Crippen LogP contribution in [0, 0.1) is 10.8 Å². The molecule has 0 amide bonds. The normalized spacial score (nSPS) is 46.8. The Bertz CT molecular complexity index is 152. The largest absolute Gasteiger partial charge is 0.368 e. The van der Waals surface area contributed by atoms with Crippen LogP contribution in [0.5, 0.6) is 0 Å². The molecule has 2 fully saturated rings. The van der Waals surface area contributed by atoms with Crippen molar-refractivity contribution in [1.29, 1.82) is 0 Å². The fraction of sp³-hybridized carbons (Fsp3) is 1.00. The Kier molecular flexibility index (Phi) is 0.949. The summed E-state index contributed by atoms with van der Waals surface area (Å²) < 4.78 is 5.58. The van der Waals surface area contributed by atoms with E-state index in [2.05, 4.69) is 27.7 Å². The summed E-state index contributed by atoms with van der Waals surface area (Å²) >= 11 is 0. The van der Waals surface area contributed by atoms with E-state index in [-0.39, 0.29) is 0 Å². The van der Waals surface area contributed by atoms with Gasteiger partial charge in [-0.25, -0.2) is 0 Å². The Labute approximate surface area is 62.8 Å². The number of epoxide rings is 1. The standard InChI is InChI=1S/C9H16O/c1-8(2)5-9(3,4)7-6(8)10-7/h6-7H,5H2,1-4H3. The van der Waals surface area contributed by atoms with Crippen LogP contribution in [0.3, 0.4) is 0 Å². The van der Waals surface area contributed by atoms with Crippen LogP contribution >= 0.6 is 0 Å². The molecule has 0 aromatic heterocycles. The highest BCUT2D eigenvalue weighted by Gasteiger charge is 2.64. The molecule has 0 spiro atoms. The first-order valence-corrected chi connectivity index (χ1v) is 4.09. The van der Waals surface area contributed by atoms with Gasteiger partial charge < -0.3 is 4.74 Å². The Hall–Kier alpha value is -0.0400. The lowest BCUT2D eigenvalue weighted by molar-refractivity contribution is 0.116. The number of fused-ring (bicyclic) bond motifs is 1. The van der Waals surface area contributed by atoms with Gasteiger partial charge in [0.15, 0.2) is 0 Å². The van der Waals surface area contributed by atoms with Crippen molar-refractivity contribution in [3.8, 4) is 0 Å². The van der Waals surface area contributed by atoms with E-state index in [1.165, 1.54) is 6.42 Å². The van der Waals surface area contributed by atoms with Gasteiger partial charge in [0.25, 0.3) is 0 Å². The van der Waals surface area contributed by atoms with Gasteiger partial charge in [0, 0.05) is 0 Å². The van der Waals surface area contributed by atoms with Crippen molar-refractivity contribution in [2.75, 3.05) is 0 Å². The summed E-state index contributed by atoms with van der Waals surface area (Å²) in [6, 6.07) is 0. The van der Waals surface area contributed by atoms with Gasteiger partial charge in [0.05, 0.1) is 12.2 Å². The monoisotopic (exact) mass is 140 g/mol. The summed E-state index contributed by atoms with van der Waals surface area (Å²) in [4.78, 5) is 0. The maximum Gasteiger partial charge on any atom is 0.0898 e. The third kappa shape index (κ3) is 0.672. The van der Waals surface area contributed by atoms with E-state index in [0.29, 0.717) is 23.0 Å². The topological polar surface area (TPSA) is 12.5 Å². The number of rotatable bonds is 0. The van der Waals surface area contributed by atoms with Gasteiger partial charge in [-0.15, -0.1) is 0 Å². The summed E-state index contributed by atoms with van der Waals surface area (Å²) in [5.74, 6) is 0. The summed E-state index contributed by atoms with van der Waals surface area (Å²) in [6.07, 6.45) is 2.46. The van der Waals surface area contributed by atoms with Gasteiger partial charge in [0.2, 0.25) is 0 Å². The Morgan fingerprint density at radius 1 is 1.00 bits per heavy atom. The molecule has 2 rings (SSSR count). The first-order chi connectivity index (χ1) is 4.43. The van der Waals surface area contributed by atoms with Crippen LogP contribution in [-0.2, 0) is 4.74 Å². The van der Waals surface area contributed by atoms with Crippen LogP contribution in [0.15, 0.2) is 0 Å². The third-order valence-electron chi connectivity index (χ3n) is 2.94. The Morgan fingerprint density at radius 3 is 1.50 bits per heavy atom. The first kappa shape index (κ1) is 6.66. The predicted octanol–water partition coefficient (Wildman–Crippen LogP) is 2.21. The maximum atomic E-state index is 5.58. The molecule has 1 heterocycles. The average molecular weight is 140 g/mol.